The van der Waals surface area contributed by atoms with Gasteiger partial charge < -0.3 is 0 Å². The van der Waals surface area contributed by atoms with Crippen molar-refractivity contribution in [3.8, 4) is 22.3 Å². The van der Waals surface area contributed by atoms with Crippen LogP contribution >= 0.6 is 0 Å². The largest absolute Gasteiger partial charge is 0.416 e. The van der Waals surface area contributed by atoms with Gasteiger partial charge in [0.25, 0.3) is 0 Å². The van der Waals surface area contributed by atoms with E-state index < -0.39 is 11.7 Å². The summed E-state index contributed by atoms with van der Waals surface area (Å²) in [5.41, 5.74) is 3.29. The van der Waals surface area contributed by atoms with Gasteiger partial charge in [0.15, 0.2) is 0 Å². The monoisotopic (exact) mass is 348 g/mol. The van der Waals surface area contributed by atoms with Crippen molar-refractivity contribution in [2.45, 2.75) is 6.18 Å². The summed E-state index contributed by atoms with van der Waals surface area (Å²) in [7, 11) is 0. The Morgan fingerprint density at radius 3 is 1.42 bits per heavy atom. The lowest BCUT2D eigenvalue weighted by molar-refractivity contribution is -0.137. The van der Waals surface area contributed by atoms with Crippen LogP contribution in [0.2, 0.25) is 0 Å². The Balaban J connectivity index is 1.88. The fourth-order valence-electron chi connectivity index (χ4n) is 3.26. The van der Waals surface area contributed by atoms with Crippen LogP contribution in [0.1, 0.15) is 5.56 Å². The third kappa shape index (κ3) is 2.97. The molecular formula is C23H15F3. The number of halogens is 3. The molecule has 128 valence electrons. The molecule has 0 aromatic heterocycles. The third-order valence-electron chi connectivity index (χ3n) is 4.53. The van der Waals surface area contributed by atoms with Crippen molar-refractivity contribution in [3.63, 3.8) is 0 Å². The molecule has 0 aliphatic carbocycles. The normalized spacial score (nSPS) is 11.7. The predicted octanol–water partition coefficient (Wildman–Crippen LogP) is 7.19. The minimum absolute atomic E-state index is 0.633. The summed E-state index contributed by atoms with van der Waals surface area (Å²) in [5.74, 6) is 0. The van der Waals surface area contributed by atoms with Crippen molar-refractivity contribution < 1.29 is 13.2 Å². The number of rotatable bonds is 2. The Hall–Kier alpha value is -3.07. The second kappa shape index (κ2) is 6.34. The smallest absolute Gasteiger partial charge is 0.166 e. The maximum absolute atomic E-state index is 12.8. The van der Waals surface area contributed by atoms with Crippen LogP contribution in [0.3, 0.4) is 0 Å². The Bertz CT molecular complexity index is 1050. The van der Waals surface area contributed by atoms with Gasteiger partial charge in [-0.05, 0) is 45.2 Å². The van der Waals surface area contributed by atoms with E-state index in [1.54, 1.807) is 0 Å². The van der Waals surface area contributed by atoms with Crippen LogP contribution in [0.25, 0.3) is 33.0 Å². The zero-order valence-corrected chi connectivity index (χ0v) is 13.8. The molecule has 0 saturated carbocycles. The topological polar surface area (TPSA) is 0 Å². The molecular weight excluding hydrogens is 333 g/mol. The highest BCUT2D eigenvalue weighted by atomic mass is 19.4. The van der Waals surface area contributed by atoms with E-state index in [9.17, 15) is 13.2 Å². The molecule has 0 unspecified atom stereocenters. The minimum atomic E-state index is -4.32. The van der Waals surface area contributed by atoms with Gasteiger partial charge in [-0.3, -0.25) is 0 Å². The van der Waals surface area contributed by atoms with Gasteiger partial charge >= 0.3 is 6.18 Å². The number of fused-ring (bicyclic) bond motifs is 1. The predicted molar refractivity (Wildman–Crippen MR) is 99.8 cm³/mol. The van der Waals surface area contributed by atoms with Gasteiger partial charge in [-0.1, -0.05) is 78.9 Å². The molecule has 3 heteroatoms. The second-order valence-corrected chi connectivity index (χ2v) is 6.15. The molecule has 0 aliphatic rings. The number of alkyl halides is 3. The first-order chi connectivity index (χ1) is 12.5. The number of hydrogen-bond acceptors (Lipinski definition) is 0. The van der Waals surface area contributed by atoms with Gasteiger partial charge in [-0.15, -0.1) is 0 Å². The molecule has 0 fully saturated rings. The highest BCUT2D eigenvalue weighted by Crippen LogP contribution is 2.37. The van der Waals surface area contributed by atoms with E-state index in [2.05, 4.69) is 12.1 Å². The van der Waals surface area contributed by atoms with Crippen LogP contribution in [0, 0.1) is 0 Å². The van der Waals surface area contributed by atoms with Crippen molar-refractivity contribution in [1.29, 1.82) is 0 Å². The molecule has 4 aromatic carbocycles. The molecule has 0 N–H and O–H groups in total. The molecule has 26 heavy (non-hydrogen) atoms. The standard InChI is InChI=1S/C23H15F3/c24-23(25,26)18-12-10-17(11-13-18)20-15-14-19(16-6-2-1-3-7-16)21-8-4-5-9-22(20)21/h1-15H. The van der Waals surface area contributed by atoms with Crippen LogP contribution in [0.5, 0.6) is 0 Å². The van der Waals surface area contributed by atoms with E-state index >= 15 is 0 Å². The van der Waals surface area contributed by atoms with Gasteiger partial charge in [-0.25, -0.2) is 0 Å². The van der Waals surface area contributed by atoms with Gasteiger partial charge in [-0.2, -0.15) is 13.2 Å². The van der Waals surface area contributed by atoms with Crippen LogP contribution in [0.15, 0.2) is 91.0 Å². The molecule has 4 aromatic rings. The summed E-state index contributed by atoms with van der Waals surface area (Å²) in [6.45, 7) is 0. The maximum atomic E-state index is 12.8. The first-order valence-corrected chi connectivity index (χ1v) is 8.29. The summed E-state index contributed by atoms with van der Waals surface area (Å²) in [6.07, 6.45) is -4.32. The van der Waals surface area contributed by atoms with E-state index in [0.717, 1.165) is 45.2 Å². The van der Waals surface area contributed by atoms with Crippen molar-refractivity contribution in [1.82, 2.24) is 0 Å². The van der Waals surface area contributed by atoms with E-state index in [4.69, 9.17) is 0 Å². The van der Waals surface area contributed by atoms with Crippen molar-refractivity contribution in [2.75, 3.05) is 0 Å². The van der Waals surface area contributed by atoms with Gasteiger partial charge in [0.05, 0.1) is 5.56 Å². The molecule has 0 radical (unpaired) electrons. The molecule has 0 saturated heterocycles. The SMILES string of the molecule is FC(F)(F)c1ccc(-c2ccc(-c3ccccc3)c3ccccc23)cc1. The highest BCUT2D eigenvalue weighted by molar-refractivity contribution is 6.04. The molecule has 0 bridgehead atoms. The van der Waals surface area contributed by atoms with E-state index in [0.29, 0.717) is 0 Å². The Kier molecular flexibility index (Phi) is 4.00. The first kappa shape index (κ1) is 16.4. The van der Waals surface area contributed by atoms with Crippen LogP contribution < -0.4 is 0 Å². The summed E-state index contributed by atoms with van der Waals surface area (Å²) < 4.78 is 38.4. The minimum Gasteiger partial charge on any atom is -0.166 e. The molecule has 0 atom stereocenters. The summed E-state index contributed by atoms with van der Waals surface area (Å²) in [4.78, 5) is 0. The first-order valence-electron chi connectivity index (χ1n) is 8.29. The number of benzene rings is 4. The van der Waals surface area contributed by atoms with Crippen molar-refractivity contribution in [2.24, 2.45) is 0 Å². The second-order valence-electron chi connectivity index (χ2n) is 6.15. The van der Waals surface area contributed by atoms with Crippen molar-refractivity contribution >= 4 is 10.8 Å². The van der Waals surface area contributed by atoms with Crippen molar-refractivity contribution in [3.05, 3.63) is 96.6 Å². The Labute approximate surface area is 149 Å². The lowest BCUT2D eigenvalue weighted by atomic mass is 9.92. The van der Waals surface area contributed by atoms with E-state index in [1.807, 2.05) is 54.6 Å². The van der Waals surface area contributed by atoms with Gasteiger partial charge in [0.1, 0.15) is 0 Å². The van der Waals surface area contributed by atoms with E-state index in [-0.39, 0.29) is 0 Å². The lowest BCUT2D eigenvalue weighted by Crippen LogP contribution is -2.04. The molecule has 4 rings (SSSR count). The van der Waals surface area contributed by atoms with Gasteiger partial charge in [0.2, 0.25) is 0 Å². The molecule has 0 amide bonds. The molecule has 0 spiro atoms. The Morgan fingerprint density at radius 1 is 0.462 bits per heavy atom. The fraction of sp³-hybridized carbons (Fsp3) is 0.0435. The lowest BCUT2D eigenvalue weighted by Gasteiger charge is -2.13. The quantitative estimate of drug-likeness (QED) is 0.359. The third-order valence-corrected chi connectivity index (χ3v) is 4.53. The molecule has 0 heterocycles. The fourth-order valence-corrected chi connectivity index (χ4v) is 3.26. The molecule has 0 nitrogen and oxygen atoms in total. The average Bonchev–Trinajstić information content (AvgIpc) is 2.67. The Morgan fingerprint density at radius 2 is 0.923 bits per heavy atom. The molecule has 0 aliphatic heterocycles. The van der Waals surface area contributed by atoms with Crippen LogP contribution in [0.4, 0.5) is 13.2 Å². The van der Waals surface area contributed by atoms with Gasteiger partial charge in [0, 0.05) is 0 Å². The zero-order chi connectivity index (χ0) is 18.1. The summed E-state index contributed by atoms with van der Waals surface area (Å²) >= 11 is 0. The summed E-state index contributed by atoms with van der Waals surface area (Å²) in [6, 6.07) is 27.4. The summed E-state index contributed by atoms with van der Waals surface area (Å²) in [5, 5.41) is 2.10. The van der Waals surface area contributed by atoms with Crippen LogP contribution in [-0.2, 0) is 6.18 Å². The average molecular weight is 348 g/mol. The highest BCUT2D eigenvalue weighted by Gasteiger charge is 2.30. The van der Waals surface area contributed by atoms with Crippen LogP contribution in [-0.4, -0.2) is 0 Å². The maximum Gasteiger partial charge on any atom is 0.416 e. The number of hydrogen-bond donors (Lipinski definition) is 0. The zero-order valence-electron chi connectivity index (χ0n) is 13.8. The van der Waals surface area contributed by atoms with E-state index in [1.165, 1.54) is 12.1 Å².